The molecule has 0 N–H and O–H groups in total. The number of benzene rings is 1. The van der Waals surface area contributed by atoms with E-state index in [4.69, 9.17) is 0 Å². The minimum Gasteiger partial charge on any atom is -0.342 e. The molecule has 1 fully saturated rings. The van der Waals surface area contributed by atoms with E-state index in [2.05, 4.69) is 29.3 Å². The van der Waals surface area contributed by atoms with Crippen molar-refractivity contribution in [2.24, 2.45) is 7.05 Å². The van der Waals surface area contributed by atoms with Gasteiger partial charge in [0.15, 0.2) is 11.0 Å². The first-order chi connectivity index (χ1) is 11.1. The van der Waals surface area contributed by atoms with Crippen LogP contribution in [0.1, 0.15) is 25.3 Å². The summed E-state index contributed by atoms with van der Waals surface area (Å²) in [7, 11) is 1.95. The number of hydrogen-bond donors (Lipinski definition) is 0. The van der Waals surface area contributed by atoms with Gasteiger partial charge in [-0.1, -0.05) is 35.5 Å². The van der Waals surface area contributed by atoms with E-state index in [9.17, 15) is 4.79 Å². The van der Waals surface area contributed by atoms with Gasteiger partial charge in [0, 0.05) is 25.7 Å². The lowest BCUT2D eigenvalue weighted by atomic mass is 10.1. The molecule has 0 aliphatic carbocycles. The first-order valence-electron chi connectivity index (χ1n) is 7.98. The number of carbonyl (C=O) groups excluding carboxylic acids is 1. The molecule has 1 amide bonds. The zero-order valence-electron chi connectivity index (χ0n) is 13.8. The van der Waals surface area contributed by atoms with E-state index in [1.807, 2.05) is 35.6 Å². The molecule has 0 bridgehead atoms. The van der Waals surface area contributed by atoms with E-state index in [1.54, 1.807) is 0 Å². The van der Waals surface area contributed by atoms with Gasteiger partial charge in [-0.2, -0.15) is 0 Å². The van der Waals surface area contributed by atoms with Gasteiger partial charge in [0.1, 0.15) is 0 Å². The van der Waals surface area contributed by atoms with Crippen molar-refractivity contribution in [3.63, 3.8) is 0 Å². The Hall–Kier alpha value is -1.82. The Balaban J connectivity index is 1.75. The number of nitrogens with zero attached hydrogens (tertiary/aromatic N) is 4. The van der Waals surface area contributed by atoms with Crippen LogP contribution in [0.15, 0.2) is 29.4 Å². The van der Waals surface area contributed by atoms with Crippen molar-refractivity contribution in [2.45, 2.75) is 37.1 Å². The summed E-state index contributed by atoms with van der Waals surface area (Å²) in [5, 5.41) is 9.22. The summed E-state index contributed by atoms with van der Waals surface area (Å²) < 4.78 is 1.97. The second-order valence-electron chi connectivity index (χ2n) is 6.03. The zero-order valence-corrected chi connectivity index (χ0v) is 14.6. The Bertz CT molecular complexity index is 706. The van der Waals surface area contributed by atoms with Gasteiger partial charge in [-0.05, 0) is 32.8 Å². The molecule has 0 radical (unpaired) electrons. The Morgan fingerprint density at radius 1 is 1.26 bits per heavy atom. The minimum atomic E-state index is -0.138. The maximum atomic E-state index is 12.4. The maximum Gasteiger partial charge on any atom is 0.235 e. The molecule has 23 heavy (non-hydrogen) atoms. The second-order valence-corrected chi connectivity index (χ2v) is 7.34. The number of rotatable bonds is 4. The predicted molar refractivity (Wildman–Crippen MR) is 92.3 cm³/mol. The summed E-state index contributed by atoms with van der Waals surface area (Å²) in [6.07, 6.45) is 2.23. The molecule has 2 aromatic rings. The number of amides is 1. The zero-order chi connectivity index (χ0) is 16.4. The van der Waals surface area contributed by atoms with E-state index in [0.717, 1.165) is 42.5 Å². The van der Waals surface area contributed by atoms with Crippen LogP contribution in [0.2, 0.25) is 0 Å². The molecule has 1 aromatic heterocycles. The largest absolute Gasteiger partial charge is 0.342 e. The third-order valence-electron chi connectivity index (χ3n) is 4.16. The van der Waals surface area contributed by atoms with Crippen molar-refractivity contribution in [2.75, 3.05) is 13.1 Å². The summed E-state index contributed by atoms with van der Waals surface area (Å²) in [4.78, 5) is 14.4. The molecular formula is C17H22N4OS. The fourth-order valence-corrected chi connectivity index (χ4v) is 3.75. The molecule has 0 saturated carbocycles. The number of hydrogen-bond acceptors (Lipinski definition) is 4. The third-order valence-corrected chi connectivity index (χ3v) is 5.28. The van der Waals surface area contributed by atoms with Crippen LogP contribution in [-0.2, 0) is 11.8 Å². The highest BCUT2D eigenvalue weighted by atomic mass is 32.2. The molecule has 5 nitrogen and oxygen atoms in total. The van der Waals surface area contributed by atoms with Crippen LogP contribution < -0.4 is 0 Å². The highest BCUT2D eigenvalue weighted by Gasteiger charge is 2.25. The van der Waals surface area contributed by atoms with Gasteiger partial charge in [0.05, 0.1) is 5.25 Å². The molecule has 1 aromatic carbocycles. The lowest BCUT2D eigenvalue weighted by Gasteiger charge is -2.19. The lowest BCUT2D eigenvalue weighted by molar-refractivity contribution is -0.129. The molecule has 1 saturated heterocycles. The minimum absolute atomic E-state index is 0.138. The van der Waals surface area contributed by atoms with Gasteiger partial charge in [-0.15, -0.1) is 10.2 Å². The highest BCUT2D eigenvalue weighted by Crippen LogP contribution is 2.27. The van der Waals surface area contributed by atoms with Crippen LogP contribution in [0.5, 0.6) is 0 Å². The quantitative estimate of drug-likeness (QED) is 0.809. The molecular weight excluding hydrogens is 308 g/mol. The van der Waals surface area contributed by atoms with Gasteiger partial charge in [0.25, 0.3) is 0 Å². The van der Waals surface area contributed by atoms with Gasteiger partial charge in [0.2, 0.25) is 5.91 Å². The van der Waals surface area contributed by atoms with Crippen LogP contribution in [0.4, 0.5) is 0 Å². The van der Waals surface area contributed by atoms with E-state index in [-0.39, 0.29) is 11.2 Å². The van der Waals surface area contributed by atoms with Gasteiger partial charge >= 0.3 is 0 Å². The van der Waals surface area contributed by atoms with Crippen molar-refractivity contribution >= 4 is 17.7 Å². The number of carbonyl (C=O) groups is 1. The van der Waals surface area contributed by atoms with Crippen LogP contribution in [0.25, 0.3) is 11.4 Å². The van der Waals surface area contributed by atoms with E-state index in [1.165, 1.54) is 17.3 Å². The van der Waals surface area contributed by atoms with Crippen molar-refractivity contribution in [3.05, 3.63) is 29.8 Å². The fraction of sp³-hybridized carbons (Fsp3) is 0.471. The summed E-state index contributed by atoms with van der Waals surface area (Å²) in [6.45, 7) is 5.78. The Morgan fingerprint density at radius 3 is 2.70 bits per heavy atom. The second kappa shape index (κ2) is 6.74. The van der Waals surface area contributed by atoms with Crippen molar-refractivity contribution in [1.29, 1.82) is 0 Å². The van der Waals surface area contributed by atoms with Gasteiger partial charge in [-0.3, -0.25) is 4.79 Å². The summed E-state index contributed by atoms with van der Waals surface area (Å²) in [6, 6.07) is 8.21. The topological polar surface area (TPSA) is 51.0 Å². The van der Waals surface area contributed by atoms with Crippen LogP contribution >= 0.6 is 11.8 Å². The molecule has 2 heterocycles. The summed E-state index contributed by atoms with van der Waals surface area (Å²) in [5.41, 5.74) is 2.24. The van der Waals surface area contributed by atoms with Gasteiger partial charge in [-0.25, -0.2) is 0 Å². The Kier molecular flexibility index (Phi) is 4.71. The van der Waals surface area contributed by atoms with Crippen LogP contribution in [0, 0.1) is 6.92 Å². The first kappa shape index (κ1) is 16.1. The third kappa shape index (κ3) is 3.42. The molecule has 1 aliphatic heterocycles. The fourth-order valence-electron chi connectivity index (χ4n) is 2.86. The normalized spacial score (nSPS) is 15.9. The van der Waals surface area contributed by atoms with Crippen molar-refractivity contribution < 1.29 is 4.79 Å². The molecule has 0 unspecified atom stereocenters. The predicted octanol–water partition coefficient (Wildman–Crippen LogP) is 2.89. The molecule has 0 spiro atoms. The average molecular weight is 330 g/mol. The number of likely N-dealkylation sites (tertiary alicyclic amines) is 1. The Labute approximate surface area is 141 Å². The monoisotopic (exact) mass is 330 g/mol. The standard InChI is InChI=1S/C17H22N4OS/c1-12-7-6-8-14(11-12)15-18-19-17(20(15)3)23-13(2)16(22)21-9-4-5-10-21/h6-8,11,13H,4-5,9-10H2,1-3H3/t13-/m1/s1. The molecule has 122 valence electrons. The average Bonchev–Trinajstić information content (AvgIpc) is 3.17. The van der Waals surface area contributed by atoms with E-state index < -0.39 is 0 Å². The molecule has 1 atom stereocenters. The highest BCUT2D eigenvalue weighted by molar-refractivity contribution is 8.00. The van der Waals surface area contributed by atoms with Crippen LogP contribution in [-0.4, -0.2) is 43.9 Å². The van der Waals surface area contributed by atoms with E-state index >= 15 is 0 Å². The number of aromatic nitrogens is 3. The molecule has 3 rings (SSSR count). The first-order valence-corrected chi connectivity index (χ1v) is 8.86. The van der Waals surface area contributed by atoms with E-state index in [0.29, 0.717) is 0 Å². The smallest absolute Gasteiger partial charge is 0.235 e. The van der Waals surface area contributed by atoms with Crippen molar-refractivity contribution in [3.8, 4) is 11.4 Å². The van der Waals surface area contributed by atoms with Crippen LogP contribution in [0.3, 0.4) is 0 Å². The number of thioether (sulfide) groups is 1. The SMILES string of the molecule is Cc1cccc(-c2nnc(S[C@H](C)C(=O)N3CCCC3)n2C)c1. The molecule has 6 heteroatoms. The summed E-state index contributed by atoms with van der Waals surface area (Å²) in [5.74, 6) is 1.03. The number of aryl methyl sites for hydroxylation is 1. The lowest BCUT2D eigenvalue weighted by Crippen LogP contribution is -2.34. The summed E-state index contributed by atoms with van der Waals surface area (Å²) >= 11 is 1.48. The van der Waals surface area contributed by atoms with Crippen molar-refractivity contribution in [1.82, 2.24) is 19.7 Å². The maximum absolute atomic E-state index is 12.4. The molecule has 1 aliphatic rings. The van der Waals surface area contributed by atoms with Gasteiger partial charge < -0.3 is 9.47 Å². The Morgan fingerprint density at radius 2 is 2.00 bits per heavy atom.